The van der Waals surface area contributed by atoms with Crippen molar-refractivity contribution in [2.45, 2.75) is 70.5 Å². The van der Waals surface area contributed by atoms with E-state index in [9.17, 15) is 0 Å². The van der Waals surface area contributed by atoms with Gasteiger partial charge in [0.2, 0.25) is 0 Å². The van der Waals surface area contributed by atoms with E-state index in [-0.39, 0.29) is 0 Å². The topological polar surface area (TPSA) is 24.1 Å². The maximum Gasteiger partial charge on any atom is 0.0320 e. The smallest absolute Gasteiger partial charge is 0.0320 e. The molecule has 1 heterocycles. The minimum Gasteiger partial charge on any atom is -0.314 e. The van der Waals surface area contributed by atoms with Crippen LogP contribution in [0, 0.1) is 12.8 Å². The van der Waals surface area contributed by atoms with E-state index in [0.29, 0.717) is 12.1 Å². The molecule has 2 nitrogen and oxygen atoms in total. The molecule has 0 aromatic heterocycles. The first-order valence-electron chi connectivity index (χ1n) is 8.84. The normalized spacial score (nSPS) is 30.7. The van der Waals surface area contributed by atoms with E-state index in [2.05, 4.69) is 48.7 Å². The number of benzene rings is 1. The van der Waals surface area contributed by atoms with Gasteiger partial charge in [-0.05, 0) is 57.1 Å². The molecule has 0 spiro atoms. The first-order chi connectivity index (χ1) is 10.3. The highest BCUT2D eigenvalue weighted by Gasteiger charge is 2.35. The molecule has 3 rings (SSSR count). The summed E-state index contributed by atoms with van der Waals surface area (Å²) in [6.45, 7) is 5.69. The Morgan fingerprint density at radius 1 is 1.14 bits per heavy atom. The first kappa shape index (κ1) is 15.1. The van der Waals surface area contributed by atoms with Crippen LogP contribution in [0.25, 0.3) is 0 Å². The molecule has 2 fully saturated rings. The lowest BCUT2D eigenvalue weighted by Gasteiger charge is -2.30. The fourth-order valence-corrected chi connectivity index (χ4v) is 4.26. The standard InChI is InChI=1S/C19H30N2/c1-3-17(15-11-9-14(2)10-12-15)21-19-7-4-6-16(19)18-8-5-13-20-18/h9-12,16-21H,3-8,13H2,1-2H3. The molecule has 1 saturated heterocycles. The summed E-state index contributed by atoms with van der Waals surface area (Å²) in [5.41, 5.74) is 2.80. The van der Waals surface area contributed by atoms with Crippen LogP contribution < -0.4 is 10.6 Å². The average molecular weight is 286 g/mol. The third-order valence-corrected chi connectivity index (χ3v) is 5.49. The van der Waals surface area contributed by atoms with E-state index in [1.54, 1.807) is 0 Å². The SMILES string of the molecule is CCC(NC1CCCC1C1CCCN1)c1ccc(C)cc1. The van der Waals surface area contributed by atoms with Crippen molar-refractivity contribution in [3.8, 4) is 0 Å². The zero-order valence-electron chi connectivity index (χ0n) is 13.6. The average Bonchev–Trinajstić information content (AvgIpc) is 3.16. The second kappa shape index (κ2) is 6.93. The molecule has 1 aliphatic heterocycles. The summed E-state index contributed by atoms with van der Waals surface area (Å²) < 4.78 is 0. The molecule has 2 N–H and O–H groups in total. The molecule has 1 aromatic rings. The molecule has 4 unspecified atom stereocenters. The molecular weight excluding hydrogens is 256 g/mol. The lowest BCUT2D eigenvalue weighted by atomic mass is 9.91. The summed E-state index contributed by atoms with van der Waals surface area (Å²) in [6.07, 6.45) is 8.06. The zero-order valence-corrected chi connectivity index (χ0v) is 13.6. The number of hydrogen-bond acceptors (Lipinski definition) is 2. The monoisotopic (exact) mass is 286 g/mol. The van der Waals surface area contributed by atoms with Crippen molar-refractivity contribution in [3.05, 3.63) is 35.4 Å². The van der Waals surface area contributed by atoms with Crippen molar-refractivity contribution in [3.63, 3.8) is 0 Å². The Bertz CT molecular complexity index is 433. The molecule has 21 heavy (non-hydrogen) atoms. The van der Waals surface area contributed by atoms with Crippen molar-refractivity contribution >= 4 is 0 Å². The number of aryl methyl sites for hydroxylation is 1. The van der Waals surface area contributed by atoms with Crippen LogP contribution >= 0.6 is 0 Å². The molecule has 116 valence electrons. The molecule has 0 bridgehead atoms. The van der Waals surface area contributed by atoms with Crippen molar-refractivity contribution in [2.75, 3.05) is 6.54 Å². The van der Waals surface area contributed by atoms with Crippen LogP contribution in [-0.2, 0) is 0 Å². The molecule has 0 amide bonds. The van der Waals surface area contributed by atoms with Gasteiger partial charge in [-0.15, -0.1) is 0 Å². The van der Waals surface area contributed by atoms with Crippen LogP contribution in [0.5, 0.6) is 0 Å². The molecule has 2 heteroatoms. The van der Waals surface area contributed by atoms with E-state index in [4.69, 9.17) is 0 Å². The molecule has 1 saturated carbocycles. The number of rotatable bonds is 5. The van der Waals surface area contributed by atoms with Crippen LogP contribution in [-0.4, -0.2) is 18.6 Å². The summed E-state index contributed by atoms with van der Waals surface area (Å²) in [4.78, 5) is 0. The van der Waals surface area contributed by atoms with Gasteiger partial charge in [0.25, 0.3) is 0 Å². The molecule has 1 aliphatic carbocycles. The van der Waals surface area contributed by atoms with E-state index in [1.165, 1.54) is 56.2 Å². The van der Waals surface area contributed by atoms with Crippen LogP contribution in [0.2, 0.25) is 0 Å². The zero-order chi connectivity index (χ0) is 14.7. The second-order valence-corrected chi connectivity index (χ2v) is 6.94. The van der Waals surface area contributed by atoms with Gasteiger partial charge in [0.15, 0.2) is 0 Å². The van der Waals surface area contributed by atoms with Crippen molar-refractivity contribution in [2.24, 2.45) is 5.92 Å². The number of nitrogens with one attached hydrogen (secondary N) is 2. The quantitative estimate of drug-likeness (QED) is 0.856. The Labute approximate surface area is 129 Å². The van der Waals surface area contributed by atoms with Gasteiger partial charge in [-0.2, -0.15) is 0 Å². The molecule has 1 aromatic carbocycles. The maximum atomic E-state index is 3.99. The van der Waals surface area contributed by atoms with E-state index in [0.717, 1.165) is 12.0 Å². The summed E-state index contributed by atoms with van der Waals surface area (Å²) in [7, 11) is 0. The van der Waals surface area contributed by atoms with Crippen molar-refractivity contribution in [1.82, 2.24) is 10.6 Å². The Hall–Kier alpha value is -0.860. The molecule has 2 aliphatic rings. The van der Waals surface area contributed by atoms with Crippen LogP contribution in [0.3, 0.4) is 0 Å². The van der Waals surface area contributed by atoms with Gasteiger partial charge in [0.05, 0.1) is 0 Å². The summed E-state index contributed by atoms with van der Waals surface area (Å²) in [6, 6.07) is 11.1. The van der Waals surface area contributed by atoms with Gasteiger partial charge in [-0.3, -0.25) is 0 Å². The van der Waals surface area contributed by atoms with E-state index in [1.807, 2.05) is 0 Å². The van der Waals surface area contributed by atoms with Gasteiger partial charge in [0, 0.05) is 18.1 Å². The minimum atomic E-state index is 0.512. The van der Waals surface area contributed by atoms with Gasteiger partial charge in [0.1, 0.15) is 0 Å². The van der Waals surface area contributed by atoms with Crippen molar-refractivity contribution in [1.29, 1.82) is 0 Å². The van der Waals surface area contributed by atoms with E-state index < -0.39 is 0 Å². The Kier molecular flexibility index (Phi) is 4.97. The largest absolute Gasteiger partial charge is 0.314 e. The van der Waals surface area contributed by atoms with Gasteiger partial charge < -0.3 is 10.6 Å². The fourth-order valence-electron chi connectivity index (χ4n) is 4.26. The highest BCUT2D eigenvalue weighted by Crippen LogP contribution is 2.33. The van der Waals surface area contributed by atoms with Crippen LogP contribution in [0.4, 0.5) is 0 Å². The fraction of sp³-hybridized carbons (Fsp3) is 0.684. The third kappa shape index (κ3) is 3.49. The predicted octanol–water partition coefficient (Wildman–Crippen LogP) is 3.96. The van der Waals surface area contributed by atoms with Crippen molar-refractivity contribution < 1.29 is 0 Å². The van der Waals surface area contributed by atoms with Crippen LogP contribution in [0.1, 0.15) is 62.6 Å². The summed E-state index contributed by atoms with van der Waals surface area (Å²) in [5.74, 6) is 0.840. The third-order valence-electron chi connectivity index (χ3n) is 5.49. The lowest BCUT2D eigenvalue weighted by Crippen LogP contribution is -2.43. The maximum absolute atomic E-state index is 3.99. The second-order valence-electron chi connectivity index (χ2n) is 6.94. The summed E-state index contributed by atoms with van der Waals surface area (Å²) >= 11 is 0. The Balaban J connectivity index is 1.66. The minimum absolute atomic E-state index is 0.512. The van der Waals surface area contributed by atoms with Gasteiger partial charge in [-0.25, -0.2) is 0 Å². The molecule has 0 radical (unpaired) electrons. The Morgan fingerprint density at radius 3 is 2.62 bits per heavy atom. The Morgan fingerprint density at radius 2 is 1.95 bits per heavy atom. The first-order valence-corrected chi connectivity index (χ1v) is 8.84. The predicted molar refractivity (Wildman–Crippen MR) is 89.5 cm³/mol. The lowest BCUT2D eigenvalue weighted by molar-refractivity contribution is 0.295. The van der Waals surface area contributed by atoms with Crippen LogP contribution in [0.15, 0.2) is 24.3 Å². The highest BCUT2D eigenvalue weighted by molar-refractivity contribution is 5.24. The highest BCUT2D eigenvalue weighted by atomic mass is 15.0. The summed E-state index contributed by atoms with van der Waals surface area (Å²) in [5, 5.41) is 7.72. The molecular formula is C19H30N2. The van der Waals surface area contributed by atoms with E-state index >= 15 is 0 Å². The van der Waals surface area contributed by atoms with Gasteiger partial charge >= 0.3 is 0 Å². The molecule has 4 atom stereocenters. The van der Waals surface area contributed by atoms with Gasteiger partial charge in [-0.1, -0.05) is 43.2 Å². The number of hydrogen-bond donors (Lipinski definition) is 2.